The second kappa shape index (κ2) is 2.59. The Morgan fingerprint density at radius 2 is 2.20 bits per heavy atom. The summed E-state index contributed by atoms with van der Waals surface area (Å²) >= 11 is 0. The lowest BCUT2D eigenvalue weighted by Crippen LogP contribution is -2.48. The summed E-state index contributed by atoms with van der Waals surface area (Å²) in [4.78, 5) is 0. The molecule has 1 aliphatic rings. The standard InChI is InChI=1S/C8H14N2/c1-8(6-9,10-2)7-4-3-5-7/h7,10H,3-5H2,1-2H3. The van der Waals surface area contributed by atoms with Crippen LogP contribution in [0.4, 0.5) is 0 Å². The summed E-state index contributed by atoms with van der Waals surface area (Å²) in [6.45, 7) is 1.98. The minimum atomic E-state index is -0.266. The molecular weight excluding hydrogens is 124 g/mol. The molecule has 56 valence electrons. The normalized spacial score (nSPS) is 24.5. The molecule has 2 nitrogen and oxygen atoms in total. The quantitative estimate of drug-likeness (QED) is 0.624. The Bertz CT molecular complexity index is 155. The predicted molar refractivity (Wildman–Crippen MR) is 40.4 cm³/mol. The van der Waals surface area contributed by atoms with Gasteiger partial charge in [0, 0.05) is 0 Å². The van der Waals surface area contributed by atoms with E-state index in [4.69, 9.17) is 5.26 Å². The summed E-state index contributed by atoms with van der Waals surface area (Å²) in [5, 5.41) is 11.9. The highest BCUT2D eigenvalue weighted by atomic mass is 14.9. The molecule has 0 aromatic carbocycles. The molecule has 0 radical (unpaired) electrons. The largest absolute Gasteiger partial charge is 0.302 e. The SMILES string of the molecule is CNC(C)(C#N)C1CCC1. The third-order valence-electron chi connectivity index (χ3n) is 2.67. The second-order valence-electron chi connectivity index (χ2n) is 3.19. The summed E-state index contributed by atoms with van der Waals surface area (Å²) in [5.41, 5.74) is -0.266. The number of rotatable bonds is 2. The van der Waals surface area contributed by atoms with Gasteiger partial charge in [0.15, 0.2) is 0 Å². The smallest absolute Gasteiger partial charge is 0.106 e. The van der Waals surface area contributed by atoms with Crippen LogP contribution in [0.25, 0.3) is 0 Å². The molecule has 10 heavy (non-hydrogen) atoms. The van der Waals surface area contributed by atoms with Crippen LogP contribution in [0.1, 0.15) is 26.2 Å². The van der Waals surface area contributed by atoms with Gasteiger partial charge < -0.3 is 5.32 Å². The molecule has 1 aliphatic carbocycles. The number of hydrogen-bond donors (Lipinski definition) is 1. The Morgan fingerprint density at radius 3 is 2.30 bits per heavy atom. The first kappa shape index (κ1) is 7.56. The van der Waals surface area contributed by atoms with Gasteiger partial charge in [-0.3, -0.25) is 0 Å². The summed E-state index contributed by atoms with van der Waals surface area (Å²) in [7, 11) is 1.86. The predicted octanol–water partition coefficient (Wildman–Crippen LogP) is 1.29. The van der Waals surface area contributed by atoms with Crippen molar-refractivity contribution < 1.29 is 0 Å². The molecule has 0 amide bonds. The van der Waals surface area contributed by atoms with E-state index in [9.17, 15) is 0 Å². The van der Waals surface area contributed by atoms with Gasteiger partial charge >= 0.3 is 0 Å². The van der Waals surface area contributed by atoms with Crippen molar-refractivity contribution in [3.63, 3.8) is 0 Å². The lowest BCUT2D eigenvalue weighted by Gasteiger charge is -2.37. The van der Waals surface area contributed by atoms with E-state index < -0.39 is 0 Å². The van der Waals surface area contributed by atoms with E-state index in [1.54, 1.807) is 0 Å². The molecule has 2 heteroatoms. The average molecular weight is 138 g/mol. The Kier molecular flexibility index (Phi) is 1.96. The molecule has 1 N–H and O–H groups in total. The van der Waals surface area contributed by atoms with Crippen LogP contribution < -0.4 is 5.32 Å². The molecule has 0 heterocycles. The highest BCUT2D eigenvalue weighted by Crippen LogP contribution is 2.35. The van der Waals surface area contributed by atoms with E-state index in [2.05, 4.69) is 11.4 Å². The van der Waals surface area contributed by atoms with Gasteiger partial charge in [0.2, 0.25) is 0 Å². The van der Waals surface area contributed by atoms with E-state index in [0.717, 1.165) is 0 Å². The molecule has 0 saturated heterocycles. The third-order valence-corrected chi connectivity index (χ3v) is 2.67. The molecule has 1 saturated carbocycles. The van der Waals surface area contributed by atoms with E-state index in [0.29, 0.717) is 5.92 Å². The van der Waals surface area contributed by atoms with Crippen molar-refractivity contribution in [2.75, 3.05) is 7.05 Å². The second-order valence-corrected chi connectivity index (χ2v) is 3.19. The average Bonchev–Trinajstić information content (AvgIpc) is 1.84. The van der Waals surface area contributed by atoms with Gasteiger partial charge in [-0.1, -0.05) is 6.42 Å². The van der Waals surface area contributed by atoms with Gasteiger partial charge in [0.05, 0.1) is 6.07 Å². The third kappa shape index (κ3) is 1.02. The first-order valence-electron chi connectivity index (χ1n) is 3.83. The highest BCUT2D eigenvalue weighted by Gasteiger charge is 2.36. The highest BCUT2D eigenvalue weighted by molar-refractivity contribution is 5.09. The zero-order chi connectivity index (χ0) is 7.61. The van der Waals surface area contributed by atoms with Crippen molar-refractivity contribution in [3.8, 4) is 6.07 Å². The van der Waals surface area contributed by atoms with Crippen LogP contribution in [0.3, 0.4) is 0 Å². The topological polar surface area (TPSA) is 35.8 Å². The molecule has 0 aromatic rings. The lowest BCUT2D eigenvalue weighted by molar-refractivity contribution is 0.198. The summed E-state index contributed by atoms with van der Waals surface area (Å²) in [5.74, 6) is 0.586. The van der Waals surface area contributed by atoms with Crippen molar-refractivity contribution in [2.45, 2.75) is 31.7 Å². The summed E-state index contributed by atoms with van der Waals surface area (Å²) in [6.07, 6.45) is 3.72. The van der Waals surface area contributed by atoms with Crippen molar-refractivity contribution in [3.05, 3.63) is 0 Å². The van der Waals surface area contributed by atoms with Crippen LogP contribution in [0.2, 0.25) is 0 Å². The molecule has 0 aliphatic heterocycles. The van der Waals surface area contributed by atoms with Crippen molar-refractivity contribution in [1.29, 1.82) is 5.26 Å². The Hall–Kier alpha value is -0.550. The first-order valence-corrected chi connectivity index (χ1v) is 3.83. The molecule has 1 fully saturated rings. The van der Waals surface area contributed by atoms with Crippen LogP contribution in [-0.2, 0) is 0 Å². The minimum absolute atomic E-state index is 0.266. The lowest BCUT2D eigenvalue weighted by atomic mass is 9.72. The number of nitriles is 1. The van der Waals surface area contributed by atoms with E-state index in [1.807, 2.05) is 14.0 Å². The van der Waals surface area contributed by atoms with Gasteiger partial charge in [-0.15, -0.1) is 0 Å². The van der Waals surface area contributed by atoms with Crippen LogP contribution in [0.15, 0.2) is 0 Å². The maximum atomic E-state index is 8.81. The number of nitrogens with zero attached hydrogens (tertiary/aromatic N) is 1. The maximum Gasteiger partial charge on any atom is 0.106 e. The zero-order valence-corrected chi connectivity index (χ0v) is 6.65. The summed E-state index contributed by atoms with van der Waals surface area (Å²) in [6, 6.07) is 2.32. The van der Waals surface area contributed by atoms with Gasteiger partial charge in [-0.2, -0.15) is 5.26 Å². The fourth-order valence-corrected chi connectivity index (χ4v) is 1.34. The van der Waals surface area contributed by atoms with Crippen LogP contribution in [0, 0.1) is 17.2 Å². The fourth-order valence-electron chi connectivity index (χ4n) is 1.34. The van der Waals surface area contributed by atoms with Gasteiger partial charge in [0.25, 0.3) is 0 Å². The van der Waals surface area contributed by atoms with E-state index in [-0.39, 0.29) is 5.54 Å². The van der Waals surface area contributed by atoms with E-state index in [1.165, 1.54) is 19.3 Å². The van der Waals surface area contributed by atoms with Gasteiger partial charge in [-0.25, -0.2) is 0 Å². The van der Waals surface area contributed by atoms with Crippen LogP contribution >= 0.6 is 0 Å². The Morgan fingerprint density at radius 1 is 1.60 bits per heavy atom. The molecule has 1 atom stereocenters. The monoisotopic (exact) mass is 138 g/mol. The zero-order valence-electron chi connectivity index (χ0n) is 6.65. The van der Waals surface area contributed by atoms with Crippen molar-refractivity contribution in [1.82, 2.24) is 5.32 Å². The van der Waals surface area contributed by atoms with Crippen LogP contribution in [0.5, 0.6) is 0 Å². The first-order chi connectivity index (χ1) is 4.73. The van der Waals surface area contributed by atoms with Crippen LogP contribution in [-0.4, -0.2) is 12.6 Å². The molecule has 1 unspecified atom stereocenters. The van der Waals surface area contributed by atoms with Gasteiger partial charge in [0.1, 0.15) is 5.54 Å². The maximum absolute atomic E-state index is 8.81. The Balaban J connectivity index is 2.55. The molecule has 0 spiro atoms. The molecule has 0 bridgehead atoms. The number of hydrogen-bond acceptors (Lipinski definition) is 2. The number of nitrogens with one attached hydrogen (secondary N) is 1. The van der Waals surface area contributed by atoms with E-state index >= 15 is 0 Å². The molecule has 1 rings (SSSR count). The van der Waals surface area contributed by atoms with Crippen molar-refractivity contribution >= 4 is 0 Å². The van der Waals surface area contributed by atoms with Gasteiger partial charge in [-0.05, 0) is 32.7 Å². The molecule has 0 aromatic heterocycles. The molecular formula is C8H14N2. The Labute approximate surface area is 62.2 Å². The summed E-state index contributed by atoms with van der Waals surface area (Å²) < 4.78 is 0. The van der Waals surface area contributed by atoms with Crippen molar-refractivity contribution in [2.24, 2.45) is 5.92 Å². The fraction of sp³-hybridized carbons (Fsp3) is 0.875. The minimum Gasteiger partial charge on any atom is -0.302 e.